The number of nitrogens with one attached hydrogen (secondary N) is 2. The molecule has 19 heavy (non-hydrogen) atoms. The Kier molecular flexibility index (Phi) is 4.64. The first-order chi connectivity index (χ1) is 8.59. The van der Waals surface area contributed by atoms with E-state index in [4.69, 9.17) is 5.14 Å². The fourth-order valence-corrected chi connectivity index (χ4v) is 1.80. The lowest BCUT2D eigenvalue weighted by Gasteiger charge is -2.12. The summed E-state index contributed by atoms with van der Waals surface area (Å²) in [6.45, 7) is 6.04. The summed E-state index contributed by atoms with van der Waals surface area (Å²) >= 11 is 0. The topological polar surface area (TPSA) is 131 Å². The van der Waals surface area contributed by atoms with Crippen LogP contribution in [0, 0.1) is 0 Å². The molecule has 0 fully saturated rings. The molecule has 1 rings (SSSR count). The van der Waals surface area contributed by atoms with Gasteiger partial charge in [0.25, 0.3) is 5.91 Å². The van der Waals surface area contributed by atoms with Crippen LogP contribution in [0.3, 0.4) is 0 Å². The molecule has 0 aliphatic heterocycles. The van der Waals surface area contributed by atoms with Gasteiger partial charge >= 0.3 is 0 Å². The zero-order valence-electron chi connectivity index (χ0n) is 11.2. The monoisotopic (exact) mass is 289 g/mol. The van der Waals surface area contributed by atoms with Gasteiger partial charge in [0.05, 0.1) is 5.75 Å². The molecule has 0 aliphatic rings. The molecule has 1 aromatic heterocycles. The van der Waals surface area contributed by atoms with Crippen molar-refractivity contribution in [3.63, 3.8) is 0 Å². The van der Waals surface area contributed by atoms with Crippen LogP contribution in [-0.4, -0.2) is 41.8 Å². The maximum Gasteiger partial charge on any atom is 0.290 e. The number of carbonyl (C=O) groups is 1. The zero-order chi connectivity index (χ0) is 14.7. The third-order valence-corrected chi connectivity index (χ3v) is 3.15. The average Bonchev–Trinajstić information content (AvgIpc) is 2.71. The van der Waals surface area contributed by atoms with Crippen molar-refractivity contribution in [2.75, 3.05) is 12.3 Å². The number of nitrogens with two attached hydrogens (primary N) is 1. The third kappa shape index (κ3) is 5.35. The van der Waals surface area contributed by atoms with Crippen molar-refractivity contribution in [2.24, 2.45) is 5.14 Å². The van der Waals surface area contributed by atoms with E-state index in [0.717, 1.165) is 0 Å². The minimum absolute atomic E-state index is 0.0422. The van der Waals surface area contributed by atoms with Crippen LogP contribution < -0.4 is 10.5 Å². The average molecular weight is 289 g/mol. The maximum absolute atomic E-state index is 11.7. The third-order valence-electron chi connectivity index (χ3n) is 2.29. The Balaban J connectivity index is 2.49. The highest BCUT2D eigenvalue weighted by Crippen LogP contribution is 2.17. The van der Waals surface area contributed by atoms with Crippen LogP contribution in [-0.2, 0) is 15.4 Å². The summed E-state index contributed by atoms with van der Waals surface area (Å²) in [4.78, 5) is 15.8. The Morgan fingerprint density at radius 1 is 1.42 bits per heavy atom. The predicted octanol–water partition coefficient (Wildman–Crippen LogP) is -0.489. The number of carbonyl (C=O) groups excluding carboxylic acids is 1. The first-order valence-electron chi connectivity index (χ1n) is 5.81. The minimum Gasteiger partial charge on any atom is -0.349 e. The number of nitrogens with zero attached hydrogens (tertiary/aromatic N) is 2. The van der Waals surface area contributed by atoms with Gasteiger partial charge in [-0.1, -0.05) is 20.8 Å². The quantitative estimate of drug-likeness (QED) is 0.629. The number of hydrogen-bond donors (Lipinski definition) is 3. The molecular formula is C10H19N5O3S. The van der Waals surface area contributed by atoms with Crippen LogP contribution >= 0.6 is 0 Å². The van der Waals surface area contributed by atoms with Crippen molar-refractivity contribution < 1.29 is 13.2 Å². The van der Waals surface area contributed by atoms with Gasteiger partial charge in [-0.3, -0.25) is 9.89 Å². The highest BCUT2D eigenvalue weighted by Gasteiger charge is 2.21. The molecule has 0 radical (unpaired) electrons. The van der Waals surface area contributed by atoms with Gasteiger partial charge in [-0.2, -0.15) is 0 Å². The summed E-state index contributed by atoms with van der Waals surface area (Å²) in [6, 6.07) is 0. The van der Waals surface area contributed by atoms with E-state index < -0.39 is 15.9 Å². The fraction of sp³-hybridized carbons (Fsp3) is 0.700. The number of aromatic amines is 1. The van der Waals surface area contributed by atoms with Crippen LogP contribution in [0.1, 0.15) is 43.6 Å². The molecule has 108 valence electrons. The molecule has 9 heteroatoms. The van der Waals surface area contributed by atoms with Crippen molar-refractivity contribution in [3.05, 3.63) is 11.6 Å². The molecule has 1 amide bonds. The molecule has 0 saturated carbocycles. The Bertz CT molecular complexity index is 544. The van der Waals surface area contributed by atoms with E-state index >= 15 is 0 Å². The summed E-state index contributed by atoms with van der Waals surface area (Å²) in [5.74, 6) is 0.0398. The number of rotatable bonds is 5. The molecule has 0 aromatic carbocycles. The van der Waals surface area contributed by atoms with Gasteiger partial charge in [0.15, 0.2) is 0 Å². The number of primary sulfonamides is 1. The Labute approximate surface area is 112 Å². The number of amides is 1. The number of hydrogen-bond acceptors (Lipinski definition) is 5. The second-order valence-electron chi connectivity index (χ2n) is 5.23. The van der Waals surface area contributed by atoms with E-state index in [2.05, 4.69) is 20.5 Å². The van der Waals surface area contributed by atoms with E-state index in [9.17, 15) is 13.2 Å². The van der Waals surface area contributed by atoms with E-state index in [0.29, 0.717) is 5.82 Å². The van der Waals surface area contributed by atoms with Crippen molar-refractivity contribution in [3.8, 4) is 0 Å². The summed E-state index contributed by atoms with van der Waals surface area (Å²) in [6.07, 6.45) is 0.251. The van der Waals surface area contributed by atoms with E-state index in [-0.39, 0.29) is 30.0 Å². The largest absolute Gasteiger partial charge is 0.349 e. The smallest absolute Gasteiger partial charge is 0.290 e. The van der Waals surface area contributed by atoms with E-state index in [1.54, 1.807) is 0 Å². The van der Waals surface area contributed by atoms with Crippen molar-refractivity contribution in [1.82, 2.24) is 20.5 Å². The molecule has 0 spiro atoms. The van der Waals surface area contributed by atoms with Gasteiger partial charge in [-0.25, -0.2) is 18.5 Å². The molecule has 8 nitrogen and oxygen atoms in total. The molecule has 0 bridgehead atoms. The lowest BCUT2D eigenvalue weighted by Crippen LogP contribution is -2.28. The van der Waals surface area contributed by atoms with Crippen LogP contribution in [0.2, 0.25) is 0 Å². The van der Waals surface area contributed by atoms with Crippen LogP contribution in [0.25, 0.3) is 0 Å². The molecule has 1 aromatic rings. The molecular weight excluding hydrogens is 270 g/mol. The standard InChI is InChI=1S/C10H19N5O3S/c1-10(2,3)9-13-7(14-15-9)8(16)12-5-4-6-19(11,17)18/h4-6H2,1-3H3,(H,12,16)(H2,11,17,18)(H,13,14,15). The zero-order valence-corrected chi connectivity index (χ0v) is 12.0. The van der Waals surface area contributed by atoms with E-state index in [1.807, 2.05) is 20.8 Å². The first-order valence-corrected chi connectivity index (χ1v) is 7.53. The molecule has 0 aliphatic carbocycles. The summed E-state index contributed by atoms with van der Waals surface area (Å²) in [5, 5.41) is 13.9. The Morgan fingerprint density at radius 3 is 2.53 bits per heavy atom. The van der Waals surface area contributed by atoms with Crippen molar-refractivity contribution >= 4 is 15.9 Å². The molecule has 0 saturated heterocycles. The minimum atomic E-state index is -3.49. The molecule has 0 atom stereocenters. The van der Waals surface area contributed by atoms with Gasteiger partial charge in [-0.05, 0) is 6.42 Å². The van der Waals surface area contributed by atoms with Gasteiger partial charge < -0.3 is 5.32 Å². The molecule has 1 heterocycles. The molecule has 4 N–H and O–H groups in total. The van der Waals surface area contributed by atoms with Crippen LogP contribution in [0.15, 0.2) is 0 Å². The second-order valence-corrected chi connectivity index (χ2v) is 6.97. The molecule has 0 unspecified atom stereocenters. The lowest BCUT2D eigenvalue weighted by molar-refractivity contribution is 0.0943. The van der Waals surface area contributed by atoms with Gasteiger partial charge in [0.1, 0.15) is 5.82 Å². The first kappa shape index (κ1) is 15.6. The number of aromatic nitrogens is 3. The summed E-state index contributed by atoms with van der Waals surface area (Å²) in [5.41, 5.74) is -0.223. The number of sulfonamides is 1. The van der Waals surface area contributed by atoms with Crippen molar-refractivity contribution in [2.45, 2.75) is 32.6 Å². The fourth-order valence-electron chi connectivity index (χ4n) is 1.25. The predicted molar refractivity (Wildman–Crippen MR) is 70.0 cm³/mol. The second kappa shape index (κ2) is 5.66. The van der Waals surface area contributed by atoms with E-state index in [1.165, 1.54) is 0 Å². The normalized spacial score (nSPS) is 12.4. The highest BCUT2D eigenvalue weighted by atomic mass is 32.2. The Morgan fingerprint density at radius 2 is 2.05 bits per heavy atom. The summed E-state index contributed by atoms with van der Waals surface area (Å²) in [7, 11) is -3.49. The van der Waals surface area contributed by atoms with Gasteiger partial charge in [-0.15, -0.1) is 5.10 Å². The SMILES string of the molecule is CC(C)(C)c1nc(C(=O)NCCCS(N)(=O)=O)n[nH]1. The maximum atomic E-state index is 11.7. The van der Waals surface area contributed by atoms with Crippen molar-refractivity contribution in [1.29, 1.82) is 0 Å². The highest BCUT2D eigenvalue weighted by molar-refractivity contribution is 7.89. The van der Waals surface area contributed by atoms with Crippen LogP contribution in [0.5, 0.6) is 0 Å². The Hall–Kier alpha value is -1.48. The lowest BCUT2D eigenvalue weighted by atomic mass is 9.96. The van der Waals surface area contributed by atoms with Gasteiger partial charge in [0, 0.05) is 12.0 Å². The van der Waals surface area contributed by atoms with Crippen LogP contribution in [0.4, 0.5) is 0 Å². The number of H-pyrrole nitrogens is 1. The summed E-state index contributed by atoms with van der Waals surface area (Å²) < 4.78 is 21.4. The van der Waals surface area contributed by atoms with Gasteiger partial charge in [0.2, 0.25) is 15.8 Å².